The van der Waals surface area contributed by atoms with E-state index in [2.05, 4.69) is 10.6 Å². The Morgan fingerprint density at radius 3 is 2.38 bits per heavy atom. The fourth-order valence-electron chi connectivity index (χ4n) is 1.89. The fourth-order valence-corrected chi connectivity index (χ4v) is 1.89. The fraction of sp³-hybridized carbons (Fsp3) is 0.133. The number of non-ortho nitro benzene ring substituents is 1. The summed E-state index contributed by atoms with van der Waals surface area (Å²) in [7, 11) is 1.66. The summed E-state index contributed by atoms with van der Waals surface area (Å²) in [5, 5.41) is 16.4. The number of nitro benzene ring substituents is 1. The Kier molecular flexibility index (Phi) is 4.18. The van der Waals surface area contributed by atoms with Crippen LogP contribution in [-0.2, 0) is 0 Å². The van der Waals surface area contributed by atoms with E-state index >= 15 is 0 Å². The molecule has 0 saturated heterocycles. The van der Waals surface area contributed by atoms with Crippen LogP contribution in [-0.4, -0.2) is 17.9 Å². The number of amides is 1. The predicted molar refractivity (Wildman–Crippen MR) is 81.8 cm³/mol. The molecule has 2 aromatic rings. The molecule has 6 heteroatoms. The molecule has 0 radical (unpaired) electrons. The molecule has 0 bridgehead atoms. The molecular formula is C15H15N3O3. The third kappa shape index (κ3) is 3.36. The molecule has 2 aromatic carbocycles. The first-order valence-corrected chi connectivity index (χ1v) is 6.35. The van der Waals surface area contributed by atoms with Crippen LogP contribution >= 0.6 is 0 Å². The van der Waals surface area contributed by atoms with Crippen molar-refractivity contribution in [3.05, 3.63) is 63.7 Å². The molecule has 0 aliphatic rings. The first kappa shape index (κ1) is 14.5. The second kappa shape index (κ2) is 6.04. The molecule has 1 amide bonds. The van der Waals surface area contributed by atoms with E-state index in [0.29, 0.717) is 11.4 Å². The molecule has 2 rings (SSSR count). The van der Waals surface area contributed by atoms with Crippen LogP contribution in [0, 0.1) is 17.0 Å². The topological polar surface area (TPSA) is 84.3 Å². The van der Waals surface area contributed by atoms with Crippen molar-refractivity contribution in [2.45, 2.75) is 6.92 Å². The van der Waals surface area contributed by atoms with Crippen LogP contribution in [0.4, 0.5) is 17.1 Å². The molecule has 21 heavy (non-hydrogen) atoms. The summed E-state index contributed by atoms with van der Waals surface area (Å²) < 4.78 is 0. The van der Waals surface area contributed by atoms with Gasteiger partial charge in [-0.05, 0) is 25.1 Å². The van der Waals surface area contributed by atoms with Gasteiger partial charge in [-0.2, -0.15) is 0 Å². The Balaban J connectivity index is 2.30. The highest BCUT2D eigenvalue weighted by Gasteiger charge is 2.16. The van der Waals surface area contributed by atoms with Crippen molar-refractivity contribution in [3.63, 3.8) is 0 Å². The first-order valence-electron chi connectivity index (χ1n) is 6.35. The second-order valence-corrected chi connectivity index (χ2v) is 4.56. The SMILES string of the molecule is CNc1ccc([N+](=O)[O-])cc1C(=O)Nc1ccc(C)cc1. The van der Waals surface area contributed by atoms with Crippen molar-refractivity contribution >= 4 is 23.0 Å². The zero-order chi connectivity index (χ0) is 15.4. The lowest BCUT2D eigenvalue weighted by atomic mass is 10.1. The number of benzene rings is 2. The highest BCUT2D eigenvalue weighted by molar-refractivity contribution is 6.08. The maximum atomic E-state index is 12.3. The lowest BCUT2D eigenvalue weighted by molar-refractivity contribution is -0.384. The molecular weight excluding hydrogens is 270 g/mol. The van der Waals surface area contributed by atoms with E-state index in [0.717, 1.165) is 5.56 Å². The summed E-state index contributed by atoms with van der Waals surface area (Å²) in [5.41, 5.74) is 2.36. The number of carbonyl (C=O) groups excluding carboxylic acids is 1. The van der Waals surface area contributed by atoms with Crippen LogP contribution in [0.15, 0.2) is 42.5 Å². The Labute approximate surface area is 121 Å². The van der Waals surface area contributed by atoms with Gasteiger partial charge in [0.2, 0.25) is 0 Å². The van der Waals surface area contributed by atoms with Crippen LogP contribution < -0.4 is 10.6 Å². The molecule has 0 spiro atoms. The van der Waals surface area contributed by atoms with Crippen LogP contribution in [0.5, 0.6) is 0 Å². The van der Waals surface area contributed by atoms with Gasteiger partial charge < -0.3 is 10.6 Å². The molecule has 0 heterocycles. The van der Waals surface area contributed by atoms with Crippen molar-refractivity contribution in [1.29, 1.82) is 0 Å². The Morgan fingerprint density at radius 1 is 1.14 bits per heavy atom. The van der Waals surface area contributed by atoms with E-state index in [-0.39, 0.29) is 11.3 Å². The Bertz CT molecular complexity index is 681. The molecule has 0 fully saturated rings. The molecule has 6 nitrogen and oxygen atoms in total. The van der Waals surface area contributed by atoms with Gasteiger partial charge in [0, 0.05) is 30.6 Å². The number of anilines is 2. The van der Waals surface area contributed by atoms with Crippen molar-refractivity contribution in [2.75, 3.05) is 17.7 Å². The number of nitrogens with one attached hydrogen (secondary N) is 2. The van der Waals surface area contributed by atoms with Crippen LogP contribution in [0.3, 0.4) is 0 Å². The smallest absolute Gasteiger partial charge is 0.270 e. The molecule has 0 aromatic heterocycles. The number of nitrogens with zero attached hydrogens (tertiary/aromatic N) is 1. The number of hydrogen-bond donors (Lipinski definition) is 2. The lowest BCUT2D eigenvalue weighted by Crippen LogP contribution is -2.14. The van der Waals surface area contributed by atoms with E-state index in [9.17, 15) is 14.9 Å². The highest BCUT2D eigenvalue weighted by atomic mass is 16.6. The minimum absolute atomic E-state index is 0.122. The summed E-state index contributed by atoms with van der Waals surface area (Å²) >= 11 is 0. The number of carbonyl (C=O) groups is 1. The molecule has 0 saturated carbocycles. The average molecular weight is 285 g/mol. The van der Waals surface area contributed by atoms with Gasteiger partial charge in [0.25, 0.3) is 11.6 Å². The normalized spacial score (nSPS) is 10.0. The van der Waals surface area contributed by atoms with E-state index in [4.69, 9.17) is 0 Å². The predicted octanol–water partition coefficient (Wildman–Crippen LogP) is 3.20. The third-order valence-electron chi connectivity index (χ3n) is 3.04. The largest absolute Gasteiger partial charge is 0.387 e. The van der Waals surface area contributed by atoms with Gasteiger partial charge in [0.05, 0.1) is 10.5 Å². The monoisotopic (exact) mass is 285 g/mol. The zero-order valence-electron chi connectivity index (χ0n) is 11.7. The molecule has 0 aliphatic heterocycles. The maximum Gasteiger partial charge on any atom is 0.270 e. The van der Waals surface area contributed by atoms with E-state index in [1.807, 2.05) is 19.1 Å². The minimum atomic E-state index is -0.526. The van der Waals surface area contributed by atoms with Crippen molar-refractivity contribution in [2.24, 2.45) is 0 Å². The molecule has 0 aliphatic carbocycles. The summed E-state index contributed by atoms with van der Waals surface area (Å²) in [6, 6.07) is 11.4. The van der Waals surface area contributed by atoms with Gasteiger partial charge in [-0.3, -0.25) is 14.9 Å². The minimum Gasteiger partial charge on any atom is -0.387 e. The van der Waals surface area contributed by atoms with E-state index in [1.54, 1.807) is 19.2 Å². The van der Waals surface area contributed by atoms with Gasteiger partial charge in [-0.15, -0.1) is 0 Å². The summed E-state index contributed by atoms with van der Waals surface area (Å²) in [6.07, 6.45) is 0. The third-order valence-corrected chi connectivity index (χ3v) is 3.04. The maximum absolute atomic E-state index is 12.3. The first-order chi connectivity index (χ1) is 10.0. The van der Waals surface area contributed by atoms with E-state index in [1.165, 1.54) is 18.2 Å². The summed E-state index contributed by atoms with van der Waals surface area (Å²) in [6.45, 7) is 1.95. The number of nitro groups is 1. The summed E-state index contributed by atoms with van der Waals surface area (Å²) in [5.74, 6) is -0.396. The van der Waals surface area contributed by atoms with Gasteiger partial charge in [-0.25, -0.2) is 0 Å². The van der Waals surface area contributed by atoms with Crippen molar-refractivity contribution in [3.8, 4) is 0 Å². The highest BCUT2D eigenvalue weighted by Crippen LogP contribution is 2.23. The second-order valence-electron chi connectivity index (χ2n) is 4.56. The van der Waals surface area contributed by atoms with Gasteiger partial charge >= 0.3 is 0 Å². The quantitative estimate of drug-likeness (QED) is 0.667. The van der Waals surface area contributed by atoms with Gasteiger partial charge in [0.1, 0.15) is 0 Å². The van der Waals surface area contributed by atoms with Crippen LogP contribution in [0.25, 0.3) is 0 Å². The molecule has 0 atom stereocenters. The lowest BCUT2D eigenvalue weighted by Gasteiger charge is -2.10. The van der Waals surface area contributed by atoms with Crippen molar-refractivity contribution in [1.82, 2.24) is 0 Å². The van der Waals surface area contributed by atoms with Crippen LogP contribution in [0.2, 0.25) is 0 Å². The number of rotatable bonds is 4. The van der Waals surface area contributed by atoms with Gasteiger partial charge in [0.15, 0.2) is 0 Å². The Morgan fingerprint density at radius 2 is 1.81 bits per heavy atom. The summed E-state index contributed by atoms with van der Waals surface area (Å²) in [4.78, 5) is 22.6. The number of hydrogen-bond acceptors (Lipinski definition) is 4. The standard InChI is InChI=1S/C15H15N3O3/c1-10-3-5-11(6-4-10)17-15(19)13-9-12(18(20)21)7-8-14(13)16-2/h3-9,16H,1-2H3,(H,17,19). The molecule has 108 valence electrons. The Hall–Kier alpha value is -2.89. The van der Waals surface area contributed by atoms with Gasteiger partial charge in [-0.1, -0.05) is 17.7 Å². The average Bonchev–Trinajstić information content (AvgIpc) is 2.48. The van der Waals surface area contributed by atoms with Crippen LogP contribution in [0.1, 0.15) is 15.9 Å². The molecule has 2 N–H and O–H groups in total. The number of aryl methyl sites for hydroxylation is 1. The van der Waals surface area contributed by atoms with E-state index < -0.39 is 10.8 Å². The van der Waals surface area contributed by atoms with Crippen molar-refractivity contribution < 1.29 is 9.72 Å². The molecule has 0 unspecified atom stereocenters. The zero-order valence-corrected chi connectivity index (χ0v) is 11.7.